The molecule has 1 unspecified atom stereocenters. The average Bonchev–Trinajstić information content (AvgIpc) is 2.88. The Morgan fingerprint density at radius 1 is 0.794 bits per heavy atom. The molecule has 3 heteroatoms. The second-order valence-electron chi connectivity index (χ2n) is 9.72. The standard InChI is InChI=1S/C31H38O3/c1-5-25(26-15-9-6-10-16-26)23-31(27-17-11-7-12-18-27,28-19-13-8-14-20-28)24-30(2,3)29(32)34-22-21-33-4/h6-20,25H,5,21-24H2,1-4H3. The van der Waals surface area contributed by atoms with Crippen molar-refractivity contribution in [2.45, 2.75) is 51.4 Å². The van der Waals surface area contributed by atoms with Gasteiger partial charge in [-0.15, -0.1) is 0 Å². The van der Waals surface area contributed by atoms with Crippen LogP contribution in [0.4, 0.5) is 0 Å². The summed E-state index contributed by atoms with van der Waals surface area (Å²) in [5.74, 6) is 0.162. The summed E-state index contributed by atoms with van der Waals surface area (Å²) in [6.45, 7) is 6.93. The van der Waals surface area contributed by atoms with Crippen molar-refractivity contribution in [2.24, 2.45) is 5.41 Å². The fourth-order valence-electron chi connectivity index (χ4n) is 5.08. The highest BCUT2D eigenvalue weighted by Gasteiger charge is 2.44. The number of esters is 1. The van der Waals surface area contributed by atoms with Gasteiger partial charge in [-0.3, -0.25) is 4.79 Å². The Balaban J connectivity index is 2.11. The van der Waals surface area contributed by atoms with Crippen LogP contribution in [0.3, 0.4) is 0 Å². The summed E-state index contributed by atoms with van der Waals surface area (Å²) in [4.78, 5) is 13.2. The molecule has 0 aliphatic heterocycles. The molecule has 0 aromatic heterocycles. The van der Waals surface area contributed by atoms with E-state index >= 15 is 0 Å². The summed E-state index contributed by atoms with van der Waals surface area (Å²) in [5.41, 5.74) is 2.75. The van der Waals surface area contributed by atoms with Crippen molar-refractivity contribution in [3.63, 3.8) is 0 Å². The molecule has 0 aliphatic carbocycles. The van der Waals surface area contributed by atoms with E-state index in [4.69, 9.17) is 9.47 Å². The van der Waals surface area contributed by atoms with Crippen LogP contribution in [0.15, 0.2) is 91.0 Å². The lowest BCUT2D eigenvalue weighted by atomic mass is 9.61. The van der Waals surface area contributed by atoms with Crippen molar-refractivity contribution in [3.05, 3.63) is 108 Å². The van der Waals surface area contributed by atoms with Gasteiger partial charge in [0, 0.05) is 12.5 Å². The molecule has 1 atom stereocenters. The number of methoxy groups -OCH3 is 1. The van der Waals surface area contributed by atoms with E-state index in [1.807, 2.05) is 13.8 Å². The number of carbonyl (C=O) groups excluding carboxylic acids is 1. The molecule has 0 aliphatic rings. The number of hydrogen-bond acceptors (Lipinski definition) is 3. The third-order valence-corrected chi connectivity index (χ3v) is 6.83. The molecule has 34 heavy (non-hydrogen) atoms. The summed E-state index contributed by atoms with van der Waals surface area (Å²) in [5, 5.41) is 0. The van der Waals surface area contributed by atoms with E-state index in [0.29, 0.717) is 18.9 Å². The third kappa shape index (κ3) is 6.15. The minimum atomic E-state index is -0.686. The van der Waals surface area contributed by atoms with Gasteiger partial charge < -0.3 is 9.47 Å². The van der Waals surface area contributed by atoms with Gasteiger partial charge in [0.15, 0.2) is 0 Å². The normalized spacial score (nSPS) is 12.8. The number of hydrogen-bond donors (Lipinski definition) is 0. The lowest BCUT2D eigenvalue weighted by Crippen LogP contribution is -2.40. The van der Waals surface area contributed by atoms with E-state index in [2.05, 4.69) is 97.9 Å². The molecule has 3 nitrogen and oxygen atoms in total. The molecular weight excluding hydrogens is 420 g/mol. The number of carbonyl (C=O) groups is 1. The topological polar surface area (TPSA) is 35.5 Å². The first-order valence-corrected chi connectivity index (χ1v) is 12.2. The van der Waals surface area contributed by atoms with Gasteiger partial charge in [-0.25, -0.2) is 0 Å². The first kappa shape index (κ1) is 25.7. The lowest BCUT2D eigenvalue weighted by Gasteiger charge is -2.42. The molecule has 0 saturated carbocycles. The van der Waals surface area contributed by atoms with Crippen molar-refractivity contribution in [1.82, 2.24) is 0 Å². The molecule has 0 fully saturated rings. The van der Waals surface area contributed by atoms with Gasteiger partial charge in [-0.2, -0.15) is 0 Å². The molecule has 0 saturated heterocycles. The van der Waals surface area contributed by atoms with E-state index in [9.17, 15) is 4.79 Å². The first-order chi connectivity index (χ1) is 16.4. The number of benzene rings is 3. The lowest BCUT2D eigenvalue weighted by molar-refractivity contribution is -0.156. The Kier molecular flexibility index (Phi) is 9.06. The Hall–Kier alpha value is -2.91. The second-order valence-corrected chi connectivity index (χ2v) is 9.72. The van der Waals surface area contributed by atoms with Crippen molar-refractivity contribution in [3.8, 4) is 0 Å². The molecular formula is C31H38O3. The fraction of sp³-hybridized carbons (Fsp3) is 0.387. The summed E-state index contributed by atoms with van der Waals surface area (Å²) < 4.78 is 10.7. The smallest absolute Gasteiger partial charge is 0.311 e. The summed E-state index contributed by atoms with van der Waals surface area (Å²) in [6.07, 6.45) is 2.56. The Bertz CT molecular complexity index is 957. The minimum Gasteiger partial charge on any atom is -0.463 e. The second kappa shape index (κ2) is 12.0. The van der Waals surface area contributed by atoms with Gasteiger partial charge in [-0.05, 0) is 55.7 Å². The summed E-state index contributed by atoms with van der Waals surface area (Å²) in [7, 11) is 1.61. The maximum Gasteiger partial charge on any atom is 0.311 e. The number of rotatable bonds is 12. The van der Waals surface area contributed by atoms with Crippen LogP contribution in [-0.4, -0.2) is 26.3 Å². The van der Waals surface area contributed by atoms with Crippen LogP contribution in [0.5, 0.6) is 0 Å². The van der Waals surface area contributed by atoms with Gasteiger partial charge in [0.1, 0.15) is 6.61 Å². The molecule has 3 aromatic rings. The predicted molar refractivity (Wildman–Crippen MR) is 139 cm³/mol. The fourth-order valence-corrected chi connectivity index (χ4v) is 5.08. The quantitative estimate of drug-likeness (QED) is 0.213. The van der Waals surface area contributed by atoms with Gasteiger partial charge >= 0.3 is 5.97 Å². The molecule has 0 spiro atoms. The Morgan fingerprint density at radius 2 is 1.29 bits per heavy atom. The van der Waals surface area contributed by atoms with Gasteiger partial charge in [0.05, 0.1) is 12.0 Å². The highest BCUT2D eigenvalue weighted by molar-refractivity contribution is 5.76. The van der Waals surface area contributed by atoms with Gasteiger partial charge in [-0.1, -0.05) is 97.9 Å². The monoisotopic (exact) mass is 458 g/mol. The highest BCUT2D eigenvalue weighted by atomic mass is 16.6. The van der Waals surface area contributed by atoms with Crippen molar-refractivity contribution in [2.75, 3.05) is 20.3 Å². The largest absolute Gasteiger partial charge is 0.463 e. The molecule has 0 bridgehead atoms. The SMILES string of the molecule is CCC(CC(CC(C)(C)C(=O)OCCOC)(c1ccccc1)c1ccccc1)c1ccccc1. The Morgan fingerprint density at radius 3 is 1.76 bits per heavy atom. The molecule has 0 heterocycles. The van der Waals surface area contributed by atoms with E-state index in [1.165, 1.54) is 16.7 Å². The zero-order chi connectivity index (χ0) is 24.4. The van der Waals surface area contributed by atoms with Crippen LogP contribution in [-0.2, 0) is 19.7 Å². The summed E-state index contributed by atoms with van der Waals surface area (Å²) >= 11 is 0. The van der Waals surface area contributed by atoms with Crippen molar-refractivity contribution < 1.29 is 14.3 Å². The van der Waals surface area contributed by atoms with Crippen LogP contribution < -0.4 is 0 Å². The predicted octanol–water partition coefficient (Wildman–Crippen LogP) is 7.16. The van der Waals surface area contributed by atoms with E-state index in [-0.39, 0.29) is 18.0 Å². The zero-order valence-corrected chi connectivity index (χ0v) is 21.0. The molecule has 3 rings (SSSR count). The van der Waals surface area contributed by atoms with E-state index in [0.717, 1.165) is 12.8 Å². The first-order valence-electron chi connectivity index (χ1n) is 12.2. The molecule has 180 valence electrons. The van der Waals surface area contributed by atoms with Crippen LogP contribution in [0.25, 0.3) is 0 Å². The van der Waals surface area contributed by atoms with Crippen molar-refractivity contribution >= 4 is 5.97 Å². The summed E-state index contributed by atoms with van der Waals surface area (Å²) in [6, 6.07) is 32.1. The highest BCUT2D eigenvalue weighted by Crippen LogP contribution is 2.49. The maximum atomic E-state index is 13.2. The van der Waals surface area contributed by atoms with Crippen LogP contribution in [0, 0.1) is 5.41 Å². The van der Waals surface area contributed by atoms with Crippen LogP contribution >= 0.6 is 0 Å². The van der Waals surface area contributed by atoms with E-state index in [1.54, 1.807) is 7.11 Å². The minimum absolute atomic E-state index is 0.187. The Labute approximate surface area is 205 Å². The molecule has 0 N–H and O–H groups in total. The van der Waals surface area contributed by atoms with Gasteiger partial charge in [0.25, 0.3) is 0 Å². The van der Waals surface area contributed by atoms with E-state index < -0.39 is 5.41 Å². The molecule has 0 amide bonds. The average molecular weight is 459 g/mol. The van der Waals surface area contributed by atoms with Crippen LogP contribution in [0.1, 0.15) is 62.6 Å². The van der Waals surface area contributed by atoms with Crippen molar-refractivity contribution in [1.29, 1.82) is 0 Å². The zero-order valence-electron chi connectivity index (χ0n) is 21.0. The third-order valence-electron chi connectivity index (χ3n) is 6.83. The molecule has 0 radical (unpaired) electrons. The maximum absolute atomic E-state index is 13.2. The molecule has 3 aromatic carbocycles. The van der Waals surface area contributed by atoms with Gasteiger partial charge in [0.2, 0.25) is 0 Å². The number of ether oxygens (including phenoxy) is 2. The van der Waals surface area contributed by atoms with Crippen LogP contribution in [0.2, 0.25) is 0 Å².